The van der Waals surface area contributed by atoms with Crippen LogP contribution in [0.3, 0.4) is 0 Å². The minimum absolute atomic E-state index is 0.209. The van der Waals surface area contributed by atoms with Gasteiger partial charge in [-0.2, -0.15) is 0 Å². The standard InChI is InChI=1S/C15H18BrFN4/c1-4-18-14-13(9(2)3)15(20-8-19-14)21-12-6-5-10(16)7-11(12)17/h5-9H,4H2,1-3H3,(H2,18,19,20,21). The van der Waals surface area contributed by atoms with Gasteiger partial charge in [-0.3, -0.25) is 0 Å². The molecule has 2 N–H and O–H groups in total. The highest BCUT2D eigenvalue weighted by Gasteiger charge is 2.15. The van der Waals surface area contributed by atoms with Gasteiger partial charge < -0.3 is 10.6 Å². The van der Waals surface area contributed by atoms with Crippen LogP contribution < -0.4 is 10.6 Å². The van der Waals surface area contributed by atoms with Gasteiger partial charge in [0.05, 0.1) is 5.69 Å². The van der Waals surface area contributed by atoms with E-state index in [-0.39, 0.29) is 11.7 Å². The molecule has 1 heterocycles. The molecule has 6 heteroatoms. The van der Waals surface area contributed by atoms with Crippen molar-refractivity contribution in [2.45, 2.75) is 26.7 Å². The van der Waals surface area contributed by atoms with E-state index in [2.05, 4.69) is 50.4 Å². The summed E-state index contributed by atoms with van der Waals surface area (Å²) in [6, 6.07) is 4.88. The van der Waals surface area contributed by atoms with Gasteiger partial charge in [0.2, 0.25) is 0 Å². The molecule has 0 saturated heterocycles. The minimum Gasteiger partial charge on any atom is -0.370 e. The molecule has 0 saturated carbocycles. The molecule has 2 rings (SSSR count). The summed E-state index contributed by atoms with van der Waals surface area (Å²) in [5, 5.41) is 6.28. The molecule has 112 valence electrons. The lowest BCUT2D eigenvalue weighted by Crippen LogP contribution is -2.09. The fourth-order valence-electron chi connectivity index (χ4n) is 2.07. The van der Waals surface area contributed by atoms with Crippen molar-refractivity contribution in [3.8, 4) is 0 Å². The van der Waals surface area contributed by atoms with E-state index < -0.39 is 0 Å². The smallest absolute Gasteiger partial charge is 0.147 e. The molecule has 1 aromatic heterocycles. The van der Waals surface area contributed by atoms with Crippen LogP contribution >= 0.6 is 15.9 Å². The summed E-state index contributed by atoms with van der Waals surface area (Å²) in [6.45, 7) is 6.89. The highest BCUT2D eigenvalue weighted by molar-refractivity contribution is 9.10. The summed E-state index contributed by atoms with van der Waals surface area (Å²) in [4.78, 5) is 8.53. The third-order valence-electron chi connectivity index (χ3n) is 2.99. The zero-order valence-corrected chi connectivity index (χ0v) is 13.8. The molecule has 0 unspecified atom stereocenters. The summed E-state index contributed by atoms with van der Waals surface area (Å²) in [5.41, 5.74) is 1.34. The zero-order chi connectivity index (χ0) is 15.4. The lowest BCUT2D eigenvalue weighted by molar-refractivity contribution is 0.631. The first-order valence-corrected chi connectivity index (χ1v) is 7.63. The van der Waals surface area contributed by atoms with Crippen LogP contribution in [-0.2, 0) is 0 Å². The second-order valence-electron chi connectivity index (χ2n) is 4.92. The van der Waals surface area contributed by atoms with E-state index in [1.807, 2.05) is 6.92 Å². The molecule has 0 radical (unpaired) electrons. The molecular weight excluding hydrogens is 335 g/mol. The molecule has 0 aliphatic heterocycles. The van der Waals surface area contributed by atoms with E-state index in [9.17, 15) is 4.39 Å². The zero-order valence-electron chi connectivity index (χ0n) is 12.2. The first-order chi connectivity index (χ1) is 10.0. The van der Waals surface area contributed by atoms with Gasteiger partial charge in [-0.25, -0.2) is 14.4 Å². The van der Waals surface area contributed by atoms with Crippen LogP contribution in [0, 0.1) is 5.82 Å². The molecule has 0 atom stereocenters. The summed E-state index contributed by atoms with van der Waals surface area (Å²) >= 11 is 3.25. The summed E-state index contributed by atoms with van der Waals surface area (Å²) in [6.07, 6.45) is 1.48. The molecule has 0 fully saturated rings. The van der Waals surface area contributed by atoms with Gasteiger partial charge >= 0.3 is 0 Å². The Morgan fingerprint density at radius 3 is 2.57 bits per heavy atom. The van der Waals surface area contributed by atoms with Gasteiger partial charge in [-0.15, -0.1) is 0 Å². The van der Waals surface area contributed by atoms with Gasteiger partial charge in [-0.05, 0) is 31.0 Å². The van der Waals surface area contributed by atoms with Crippen molar-refractivity contribution in [3.05, 3.63) is 40.4 Å². The Kier molecular flexibility index (Phi) is 5.12. The van der Waals surface area contributed by atoms with E-state index in [0.29, 0.717) is 16.0 Å². The number of aromatic nitrogens is 2. The summed E-state index contributed by atoms with van der Waals surface area (Å²) in [7, 11) is 0. The van der Waals surface area contributed by atoms with Crippen molar-refractivity contribution in [1.82, 2.24) is 9.97 Å². The maximum absolute atomic E-state index is 14.0. The molecular formula is C15H18BrFN4. The van der Waals surface area contributed by atoms with Crippen LogP contribution in [0.1, 0.15) is 32.3 Å². The molecule has 0 bridgehead atoms. The molecule has 1 aromatic carbocycles. The van der Waals surface area contributed by atoms with Crippen molar-refractivity contribution in [1.29, 1.82) is 0 Å². The Morgan fingerprint density at radius 1 is 1.24 bits per heavy atom. The minimum atomic E-state index is -0.331. The van der Waals surface area contributed by atoms with Gasteiger partial charge in [0.1, 0.15) is 23.8 Å². The summed E-state index contributed by atoms with van der Waals surface area (Å²) in [5.74, 6) is 1.28. The second-order valence-corrected chi connectivity index (χ2v) is 5.83. The van der Waals surface area contributed by atoms with Gasteiger partial charge in [0.15, 0.2) is 0 Å². The van der Waals surface area contributed by atoms with Gasteiger partial charge in [0.25, 0.3) is 0 Å². The van der Waals surface area contributed by atoms with Crippen molar-refractivity contribution in [2.24, 2.45) is 0 Å². The monoisotopic (exact) mass is 352 g/mol. The van der Waals surface area contributed by atoms with Crippen molar-refractivity contribution in [2.75, 3.05) is 17.2 Å². The molecule has 4 nitrogen and oxygen atoms in total. The van der Waals surface area contributed by atoms with Crippen molar-refractivity contribution < 1.29 is 4.39 Å². The topological polar surface area (TPSA) is 49.8 Å². The van der Waals surface area contributed by atoms with Gasteiger partial charge in [-0.1, -0.05) is 29.8 Å². The number of rotatable bonds is 5. The molecule has 0 aliphatic carbocycles. The van der Waals surface area contributed by atoms with Crippen LogP contribution in [-0.4, -0.2) is 16.5 Å². The molecule has 0 aliphatic rings. The fourth-order valence-corrected chi connectivity index (χ4v) is 2.40. The maximum atomic E-state index is 14.0. The Hall–Kier alpha value is -1.69. The number of halogens is 2. The third kappa shape index (κ3) is 3.69. The Balaban J connectivity index is 2.41. The number of nitrogens with zero attached hydrogens (tertiary/aromatic N) is 2. The van der Waals surface area contributed by atoms with E-state index in [1.165, 1.54) is 12.4 Å². The van der Waals surface area contributed by atoms with Crippen LogP contribution in [0.5, 0.6) is 0 Å². The summed E-state index contributed by atoms with van der Waals surface area (Å²) < 4.78 is 14.7. The predicted octanol–water partition coefficient (Wildman–Crippen LogP) is 4.68. The predicted molar refractivity (Wildman–Crippen MR) is 87.7 cm³/mol. The molecule has 21 heavy (non-hydrogen) atoms. The van der Waals surface area contributed by atoms with Crippen LogP contribution in [0.15, 0.2) is 29.0 Å². The van der Waals surface area contributed by atoms with Crippen LogP contribution in [0.4, 0.5) is 21.7 Å². The number of nitrogens with one attached hydrogen (secondary N) is 2. The molecule has 0 spiro atoms. The highest BCUT2D eigenvalue weighted by Crippen LogP contribution is 2.31. The largest absolute Gasteiger partial charge is 0.370 e. The fraction of sp³-hybridized carbons (Fsp3) is 0.333. The number of hydrogen-bond acceptors (Lipinski definition) is 4. The highest BCUT2D eigenvalue weighted by atomic mass is 79.9. The van der Waals surface area contributed by atoms with E-state index >= 15 is 0 Å². The maximum Gasteiger partial charge on any atom is 0.147 e. The second kappa shape index (κ2) is 6.85. The Bertz CT molecular complexity index is 631. The number of hydrogen-bond donors (Lipinski definition) is 2. The number of anilines is 3. The average Bonchev–Trinajstić information content (AvgIpc) is 2.42. The van der Waals surface area contributed by atoms with E-state index in [4.69, 9.17) is 0 Å². The normalized spacial score (nSPS) is 10.8. The quantitative estimate of drug-likeness (QED) is 0.820. The van der Waals surface area contributed by atoms with Crippen LogP contribution in [0.2, 0.25) is 0 Å². The first kappa shape index (κ1) is 15.7. The van der Waals surface area contributed by atoms with Crippen molar-refractivity contribution in [3.63, 3.8) is 0 Å². The average molecular weight is 353 g/mol. The first-order valence-electron chi connectivity index (χ1n) is 6.83. The molecule has 2 aromatic rings. The van der Waals surface area contributed by atoms with Crippen LogP contribution in [0.25, 0.3) is 0 Å². The third-order valence-corrected chi connectivity index (χ3v) is 3.48. The van der Waals surface area contributed by atoms with E-state index in [0.717, 1.165) is 17.9 Å². The Labute approximate surface area is 132 Å². The van der Waals surface area contributed by atoms with Crippen molar-refractivity contribution >= 4 is 33.3 Å². The lowest BCUT2D eigenvalue weighted by Gasteiger charge is -2.17. The number of benzene rings is 1. The van der Waals surface area contributed by atoms with Gasteiger partial charge in [0, 0.05) is 16.6 Å². The lowest BCUT2D eigenvalue weighted by atomic mass is 10.0. The SMILES string of the molecule is CCNc1ncnc(Nc2ccc(Br)cc2F)c1C(C)C. The Morgan fingerprint density at radius 2 is 1.95 bits per heavy atom. The molecule has 0 amide bonds. The van der Waals surface area contributed by atoms with E-state index in [1.54, 1.807) is 12.1 Å².